The Kier molecular flexibility index (Phi) is 4.64. The Morgan fingerprint density at radius 3 is 2.73 bits per heavy atom. The van der Waals surface area contributed by atoms with Crippen LogP contribution in [0.15, 0.2) is 61.6 Å². The lowest BCUT2D eigenvalue weighted by atomic mass is 9.90. The van der Waals surface area contributed by atoms with Crippen molar-refractivity contribution in [2.24, 2.45) is 0 Å². The van der Waals surface area contributed by atoms with Gasteiger partial charge in [-0.25, -0.2) is 9.97 Å². The average Bonchev–Trinajstić information content (AvgIpc) is 2.74. The minimum absolute atomic E-state index is 0.0299. The molecular formula is C20H19N5O. The van der Waals surface area contributed by atoms with Crippen molar-refractivity contribution in [2.75, 3.05) is 13.1 Å². The summed E-state index contributed by atoms with van der Waals surface area (Å²) in [4.78, 5) is 31.6. The highest BCUT2D eigenvalue weighted by atomic mass is 16.2. The predicted molar refractivity (Wildman–Crippen MR) is 97.4 cm³/mol. The summed E-state index contributed by atoms with van der Waals surface area (Å²) >= 11 is 0. The molecule has 1 saturated heterocycles. The maximum absolute atomic E-state index is 12.8. The number of aromatic nitrogens is 4. The van der Waals surface area contributed by atoms with Crippen LogP contribution in [0.2, 0.25) is 0 Å². The second kappa shape index (κ2) is 7.39. The van der Waals surface area contributed by atoms with Crippen molar-refractivity contribution in [1.29, 1.82) is 0 Å². The van der Waals surface area contributed by atoms with Crippen LogP contribution in [0.25, 0.3) is 11.1 Å². The summed E-state index contributed by atoms with van der Waals surface area (Å²) in [7, 11) is 0. The van der Waals surface area contributed by atoms with E-state index in [-0.39, 0.29) is 11.8 Å². The maximum Gasteiger partial charge on any atom is 0.255 e. The predicted octanol–water partition coefficient (Wildman–Crippen LogP) is 2.95. The minimum Gasteiger partial charge on any atom is -0.338 e. The van der Waals surface area contributed by atoms with Crippen molar-refractivity contribution >= 4 is 5.91 Å². The third-order valence-corrected chi connectivity index (χ3v) is 4.74. The van der Waals surface area contributed by atoms with Crippen LogP contribution in [-0.4, -0.2) is 43.8 Å². The highest BCUT2D eigenvalue weighted by molar-refractivity contribution is 5.94. The lowest BCUT2D eigenvalue weighted by Crippen LogP contribution is -2.39. The van der Waals surface area contributed by atoms with Gasteiger partial charge in [0.2, 0.25) is 0 Å². The summed E-state index contributed by atoms with van der Waals surface area (Å²) in [6.07, 6.45) is 12.2. The zero-order valence-corrected chi connectivity index (χ0v) is 14.3. The first-order chi connectivity index (χ1) is 12.8. The van der Waals surface area contributed by atoms with E-state index < -0.39 is 0 Å². The Morgan fingerprint density at radius 1 is 1.04 bits per heavy atom. The smallest absolute Gasteiger partial charge is 0.255 e. The Balaban J connectivity index is 1.60. The van der Waals surface area contributed by atoms with Gasteiger partial charge in [0.15, 0.2) is 0 Å². The average molecular weight is 345 g/mol. The first-order valence-electron chi connectivity index (χ1n) is 8.72. The Bertz CT molecular complexity index is 885. The van der Waals surface area contributed by atoms with Gasteiger partial charge in [0.05, 0.1) is 11.3 Å². The van der Waals surface area contributed by atoms with Crippen molar-refractivity contribution in [3.05, 3.63) is 72.8 Å². The molecule has 1 aliphatic heterocycles. The molecule has 130 valence electrons. The molecule has 3 aromatic heterocycles. The van der Waals surface area contributed by atoms with E-state index in [0.29, 0.717) is 12.1 Å². The van der Waals surface area contributed by atoms with E-state index in [0.717, 1.165) is 36.2 Å². The molecule has 0 spiro atoms. The number of hydrogen-bond acceptors (Lipinski definition) is 5. The molecule has 1 amide bonds. The van der Waals surface area contributed by atoms with E-state index in [9.17, 15) is 4.79 Å². The third kappa shape index (κ3) is 3.31. The van der Waals surface area contributed by atoms with Crippen LogP contribution in [0.4, 0.5) is 0 Å². The van der Waals surface area contributed by atoms with Gasteiger partial charge in [0.25, 0.3) is 5.91 Å². The van der Waals surface area contributed by atoms with E-state index in [1.54, 1.807) is 37.2 Å². The third-order valence-electron chi connectivity index (χ3n) is 4.74. The molecule has 1 atom stereocenters. The van der Waals surface area contributed by atoms with Gasteiger partial charge >= 0.3 is 0 Å². The first kappa shape index (κ1) is 16.3. The van der Waals surface area contributed by atoms with Crippen LogP contribution >= 0.6 is 0 Å². The Labute approximate surface area is 152 Å². The van der Waals surface area contributed by atoms with Crippen molar-refractivity contribution in [3.63, 3.8) is 0 Å². The molecule has 1 fully saturated rings. The minimum atomic E-state index is 0.0299. The highest BCUT2D eigenvalue weighted by Crippen LogP contribution is 2.32. The van der Waals surface area contributed by atoms with Crippen molar-refractivity contribution in [3.8, 4) is 11.1 Å². The fourth-order valence-electron chi connectivity index (χ4n) is 3.47. The second-order valence-electron chi connectivity index (χ2n) is 6.39. The largest absolute Gasteiger partial charge is 0.338 e. The lowest BCUT2D eigenvalue weighted by Gasteiger charge is -2.33. The van der Waals surface area contributed by atoms with Gasteiger partial charge in [-0.3, -0.25) is 14.8 Å². The number of pyridine rings is 2. The van der Waals surface area contributed by atoms with Crippen LogP contribution in [-0.2, 0) is 0 Å². The lowest BCUT2D eigenvalue weighted by molar-refractivity contribution is 0.0705. The number of hydrogen-bond donors (Lipinski definition) is 0. The van der Waals surface area contributed by atoms with Gasteiger partial charge in [0.1, 0.15) is 6.33 Å². The van der Waals surface area contributed by atoms with Crippen LogP contribution in [0, 0.1) is 0 Å². The molecule has 4 heterocycles. The van der Waals surface area contributed by atoms with Crippen molar-refractivity contribution in [2.45, 2.75) is 18.8 Å². The molecule has 0 bridgehead atoms. The number of likely N-dealkylation sites (tertiary alicyclic amines) is 1. The first-order valence-corrected chi connectivity index (χ1v) is 8.72. The van der Waals surface area contributed by atoms with E-state index >= 15 is 0 Å². The van der Waals surface area contributed by atoms with E-state index in [4.69, 9.17) is 0 Å². The van der Waals surface area contributed by atoms with Crippen molar-refractivity contribution in [1.82, 2.24) is 24.8 Å². The van der Waals surface area contributed by atoms with Gasteiger partial charge in [-0.1, -0.05) is 0 Å². The normalized spacial score (nSPS) is 17.1. The standard InChI is InChI=1S/C20H19N5O/c26-20(16-3-1-7-22-11-16)25-10-2-4-17(13-25)19-18(12-23-14-24-19)15-5-8-21-9-6-15/h1,3,5-9,11-12,14,17H,2,4,10,13H2. The summed E-state index contributed by atoms with van der Waals surface area (Å²) in [5, 5.41) is 0. The van der Waals surface area contributed by atoms with Crippen LogP contribution in [0.1, 0.15) is 34.8 Å². The fourth-order valence-corrected chi connectivity index (χ4v) is 3.47. The van der Waals surface area contributed by atoms with E-state index in [1.807, 2.05) is 29.3 Å². The number of amides is 1. The van der Waals surface area contributed by atoms with E-state index in [2.05, 4.69) is 19.9 Å². The molecule has 0 aromatic carbocycles. The Morgan fingerprint density at radius 2 is 1.92 bits per heavy atom. The summed E-state index contributed by atoms with van der Waals surface area (Å²) < 4.78 is 0. The summed E-state index contributed by atoms with van der Waals surface area (Å²) in [5.74, 6) is 0.220. The van der Waals surface area contributed by atoms with Crippen LogP contribution in [0.3, 0.4) is 0 Å². The molecule has 6 nitrogen and oxygen atoms in total. The van der Waals surface area contributed by atoms with Gasteiger partial charge in [0, 0.05) is 55.6 Å². The quantitative estimate of drug-likeness (QED) is 0.730. The topological polar surface area (TPSA) is 71.9 Å². The molecule has 3 aromatic rings. The maximum atomic E-state index is 12.8. The molecule has 0 aliphatic carbocycles. The summed E-state index contributed by atoms with van der Waals surface area (Å²) in [6, 6.07) is 7.53. The van der Waals surface area contributed by atoms with E-state index in [1.165, 1.54) is 0 Å². The van der Waals surface area contributed by atoms with Gasteiger partial charge < -0.3 is 4.90 Å². The number of rotatable bonds is 3. The number of nitrogens with zero attached hydrogens (tertiary/aromatic N) is 5. The van der Waals surface area contributed by atoms with Gasteiger partial charge in [-0.05, 0) is 42.7 Å². The van der Waals surface area contributed by atoms with Crippen LogP contribution < -0.4 is 0 Å². The number of carbonyl (C=O) groups is 1. The molecule has 1 aliphatic rings. The number of piperidine rings is 1. The molecule has 0 saturated carbocycles. The molecule has 6 heteroatoms. The molecule has 0 N–H and O–H groups in total. The zero-order valence-electron chi connectivity index (χ0n) is 14.3. The summed E-state index contributed by atoms with van der Waals surface area (Å²) in [6.45, 7) is 1.42. The monoisotopic (exact) mass is 345 g/mol. The van der Waals surface area contributed by atoms with Gasteiger partial charge in [-0.15, -0.1) is 0 Å². The number of carbonyl (C=O) groups excluding carboxylic acids is 1. The molecule has 0 radical (unpaired) electrons. The summed E-state index contributed by atoms with van der Waals surface area (Å²) in [5.41, 5.74) is 3.68. The SMILES string of the molecule is O=C(c1cccnc1)N1CCCC(c2ncncc2-c2ccncc2)C1. The molecule has 4 rings (SSSR count). The molecular weight excluding hydrogens is 326 g/mol. The van der Waals surface area contributed by atoms with Crippen molar-refractivity contribution < 1.29 is 4.79 Å². The Hall–Kier alpha value is -3.15. The van der Waals surface area contributed by atoms with Gasteiger partial charge in [-0.2, -0.15) is 0 Å². The van der Waals surface area contributed by atoms with Crippen LogP contribution in [0.5, 0.6) is 0 Å². The fraction of sp³-hybridized carbons (Fsp3) is 0.250. The molecule has 26 heavy (non-hydrogen) atoms. The highest BCUT2D eigenvalue weighted by Gasteiger charge is 2.28. The second-order valence-corrected chi connectivity index (χ2v) is 6.39. The zero-order chi connectivity index (χ0) is 17.8. The molecule has 1 unspecified atom stereocenters.